The molecule has 3 N–H and O–H groups in total. The molecule has 2 atom stereocenters. The van der Waals surface area contributed by atoms with Gasteiger partial charge in [0, 0.05) is 25.7 Å². The molecule has 0 bridgehead atoms. The van der Waals surface area contributed by atoms with Crippen molar-refractivity contribution >= 4 is 5.91 Å². The molecule has 2 fully saturated rings. The molecular weight excluding hydrogens is 258 g/mol. The zero-order valence-corrected chi connectivity index (χ0v) is 12.3. The third kappa shape index (κ3) is 4.41. The van der Waals surface area contributed by atoms with E-state index in [0.717, 1.165) is 32.2 Å². The second-order valence-corrected chi connectivity index (χ2v) is 5.65. The normalized spacial score (nSPS) is 25.4. The highest BCUT2D eigenvalue weighted by atomic mass is 16.5. The number of nitrogens with one attached hydrogen (secondary N) is 1. The maximum absolute atomic E-state index is 12.3. The van der Waals surface area contributed by atoms with Crippen LogP contribution in [-0.4, -0.2) is 69.0 Å². The van der Waals surface area contributed by atoms with Gasteiger partial charge in [-0.25, -0.2) is 0 Å². The van der Waals surface area contributed by atoms with Gasteiger partial charge in [-0.3, -0.25) is 9.69 Å². The van der Waals surface area contributed by atoms with Gasteiger partial charge in [0.25, 0.3) is 0 Å². The Balaban J connectivity index is 1.96. The first-order chi connectivity index (χ1) is 9.76. The number of hydrogen-bond donors (Lipinski definition) is 2. The topological polar surface area (TPSA) is 76.8 Å². The van der Waals surface area contributed by atoms with Crippen LogP contribution in [0.1, 0.15) is 25.7 Å². The molecule has 2 aliphatic rings. The Kier molecular flexibility index (Phi) is 6.22. The van der Waals surface area contributed by atoms with Gasteiger partial charge in [0.15, 0.2) is 0 Å². The predicted molar refractivity (Wildman–Crippen MR) is 76.4 cm³/mol. The van der Waals surface area contributed by atoms with Crippen molar-refractivity contribution in [3.05, 3.63) is 0 Å². The summed E-state index contributed by atoms with van der Waals surface area (Å²) in [4.78, 5) is 14.6. The van der Waals surface area contributed by atoms with E-state index in [-0.39, 0.29) is 18.0 Å². The molecule has 1 amide bonds. The summed E-state index contributed by atoms with van der Waals surface area (Å²) in [6, 6.07) is 0.431. The van der Waals surface area contributed by atoms with E-state index in [0.29, 0.717) is 32.4 Å². The van der Waals surface area contributed by atoms with E-state index in [1.165, 1.54) is 0 Å². The van der Waals surface area contributed by atoms with Crippen LogP contribution in [0.2, 0.25) is 0 Å². The minimum atomic E-state index is -0.192. The van der Waals surface area contributed by atoms with Crippen LogP contribution in [0.3, 0.4) is 0 Å². The van der Waals surface area contributed by atoms with E-state index in [4.69, 9.17) is 15.2 Å². The van der Waals surface area contributed by atoms with Crippen molar-refractivity contribution in [3.8, 4) is 0 Å². The lowest BCUT2D eigenvalue weighted by Crippen LogP contribution is -2.58. The summed E-state index contributed by atoms with van der Waals surface area (Å²) in [5, 5.41) is 3.08. The molecule has 6 heteroatoms. The highest BCUT2D eigenvalue weighted by Gasteiger charge is 2.36. The average molecular weight is 285 g/mol. The van der Waals surface area contributed by atoms with Gasteiger partial charge < -0.3 is 20.5 Å². The van der Waals surface area contributed by atoms with Crippen molar-refractivity contribution in [2.45, 2.75) is 43.8 Å². The maximum Gasteiger partial charge on any atom is 0.239 e. The number of amides is 1. The second-order valence-electron chi connectivity index (χ2n) is 5.65. The Labute approximate surface area is 121 Å². The standard InChI is InChI=1S/C14H27N3O3/c1-19-9-12(3-2-6-15)17-7-8-20-10-13(17)14(18)16-11-4-5-11/h11-13H,2-10,15H2,1H3,(H,16,18). The summed E-state index contributed by atoms with van der Waals surface area (Å²) >= 11 is 0. The number of ether oxygens (including phenoxy) is 2. The average Bonchev–Trinajstić information content (AvgIpc) is 3.27. The number of nitrogens with zero attached hydrogens (tertiary/aromatic N) is 1. The van der Waals surface area contributed by atoms with Crippen molar-refractivity contribution < 1.29 is 14.3 Å². The maximum atomic E-state index is 12.3. The molecule has 0 aromatic heterocycles. The zero-order valence-electron chi connectivity index (χ0n) is 12.3. The SMILES string of the molecule is COCC(CCCN)N1CCOCC1C(=O)NC1CC1. The van der Waals surface area contributed by atoms with Crippen molar-refractivity contribution in [1.29, 1.82) is 0 Å². The van der Waals surface area contributed by atoms with Gasteiger partial charge in [-0.2, -0.15) is 0 Å². The summed E-state index contributed by atoms with van der Waals surface area (Å²) in [6.45, 7) is 3.23. The minimum Gasteiger partial charge on any atom is -0.383 e. The van der Waals surface area contributed by atoms with Crippen LogP contribution in [0, 0.1) is 0 Å². The molecule has 1 saturated carbocycles. The van der Waals surface area contributed by atoms with E-state index >= 15 is 0 Å². The lowest BCUT2D eigenvalue weighted by atomic mass is 10.1. The van der Waals surface area contributed by atoms with Gasteiger partial charge in [-0.05, 0) is 32.2 Å². The van der Waals surface area contributed by atoms with E-state index in [9.17, 15) is 4.79 Å². The highest BCUT2D eigenvalue weighted by Crippen LogP contribution is 2.21. The third-order valence-corrected chi connectivity index (χ3v) is 3.97. The van der Waals surface area contributed by atoms with Gasteiger partial charge in [0.05, 0.1) is 19.8 Å². The Morgan fingerprint density at radius 2 is 2.35 bits per heavy atom. The molecule has 2 rings (SSSR count). The molecule has 1 saturated heterocycles. The molecule has 116 valence electrons. The van der Waals surface area contributed by atoms with Crippen molar-refractivity contribution in [1.82, 2.24) is 10.2 Å². The molecule has 1 aliphatic heterocycles. The van der Waals surface area contributed by atoms with Crippen molar-refractivity contribution in [3.63, 3.8) is 0 Å². The smallest absolute Gasteiger partial charge is 0.239 e. The summed E-state index contributed by atoms with van der Waals surface area (Å²) in [7, 11) is 1.70. The monoisotopic (exact) mass is 285 g/mol. The molecule has 20 heavy (non-hydrogen) atoms. The quantitative estimate of drug-likeness (QED) is 0.641. The minimum absolute atomic E-state index is 0.0982. The largest absolute Gasteiger partial charge is 0.383 e. The van der Waals surface area contributed by atoms with E-state index in [1.807, 2.05) is 0 Å². The first kappa shape index (κ1) is 15.7. The van der Waals surface area contributed by atoms with Crippen LogP contribution < -0.4 is 11.1 Å². The van der Waals surface area contributed by atoms with Gasteiger partial charge in [0.2, 0.25) is 5.91 Å². The van der Waals surface area contributed by atoms with Crippen molar-refractivity contribution in [2.24, 2.45) is 5.73 Å². The van der Waals surface area contributed by atoms with Gasteiger partial charge in [-0.1, -0.05) is 0 Å². The fraction of sp³-hybridized carbons (Fsp3) is 0.929. The Bertz CT molecular complexity index is 310. The third-order valence-electron chi connectivity index (χ3n) is 3.97. The molecule has 0 aromatic carbocycles. The zero-order chi connectivity index (χ0) is 14.4. The summed E-state index contributed by atoms with van der Waals surface area (Å²) in [5.74, 6) is 0.0982. The van der Waals surface area contributed by atoms with Crippen LogP contribution >= 0.6 is 0 Å². The predicted octanol–water partition coefficient (Wildman–Crippen LogP) is -0.280. The van der Waals surface area contributed by atoms with Crippen LogP contribution in [0.25, 0.3) is 0 Å². The molecule has 2 unspecified atom stereocenters. The second kappa shape index (κ2) is 7.93. The highest BCUT2D eigenvalue weighted by molar-refractivity contribution is 5.82. The van der Waals surface area contributed by atoms with E-state index < -0.39 is 0 Å². The molecule has 1 aliphatic carbocycles. The number of methoxy groups -OCH3 is 1. The fourth-order valence-electron chi connectivity index (χ4n) is 2.70. The van der Waals surface area contributed by atoms with E-state index in [1.54, 1.807) is 7.11 Å². The van der Waals surface area contributed by atoms with E-state index in [2.05, 4.69) is 10.2 Å². The fourth-order valence-corrected chi connectivity index (χ4v) is 2.70. The van der Waals surface area contributed by atoms with Crippen molar-refractivity contribution in [2.75, 3.05) is 40.0 Å². The van der Waals surface area contributed by atoms with Gasteiger partial charge in [0.1, 0.15) is 6.04 Å². The van der Waals surface area contributed by atoms with Crippen LogP contribution in [-0.2, 0) is 14.3 Å². The molecule has 0 aromatic rings. The first-order valence-corrected chi connectivity index (χ1v) is 7.59. The van der Waals surface area contributed by atoms with Gasteiger partial charge >= 0.3 is 0 Å². The number of nitrogens with two attached hydrogens (primary N) is 1. The lowest BCUT2D eigenvalue weighted by Gasteiger charge is -2.40. The first-order valence-electron chi connectivity index (χ1n) is 7.59. The Morgan fingerprint density at radius 3 is 3.00 bits per heavy atom. The van der Waals surface area contributed by atoms with Gasteiger partial charge in [-0.15, -0.1) is 0 Å². The molecule has 0 spiro atoms. The Hall–Kier alpha value is -0.690. The molecular formula is C14H27N3O3. The molecule has 1 heterocycles. The summed E-state index contributed by atoms with van der Waals surface area (Å²) in [6.07, 6.45) is 4.11. The number of hydrogen-bond acceptors (Lipinski definition) is 5. The number of carbonyl (C=O) groups is 1. The lowest BCUT2D eigenvalue weighted by molar-refractivity contribution is -0.136. The Morgan fingerprint density at radius 1 is 1.55 bits per heavy atom. The molecule has 6 nitrogen and oxygen atoms in total. The summed E-state index contributed by atoms with van der Waals surface area (Å²) in [5.41, 5.74) is 5.61. The number of carbonyl (C=O) groups excluding carboxylic acids is 1. The van der Waals surface area contributed by atoms with Crippen LogP contribution in [0.15, 0.2) is 0 Å². The number of rotatable bonds is 8. The van der Waals surface area contributed by atoms with Crippen LogP contribution in [0.5, 0.6) is 0 Å². The van der Waals surface area contributed by atoms with Crippen LogP contribution in [0.4, 0.5) is 0 Å². The number of morpholine rings is 1. The summed E-state index contributed by atoms with van der Waals surface area (Å²) < 4.78 is 10.8. The molecule has 0 radical (unpaired) electrons.